The molecule has 2 N–H and O–H groups in total. The summed E-state index contributed by atoms with van der Waals surface area (Å²) >= 11 is 0. The Morgan fingerprint density at radius 2 is 1.76 bits per heavy atom. The van der Waals surface area contributed by atoms with Crippen molar-refractivity contribution in [3.05, 3.63) is 108 Å². The second-order valence-electron chi connectivity index (χ2n) is 14.3. The summed E-state index contributed by atoms with van der Waals surface area (Å²) in [6.45, 7) is 8.54. The van der Waals surface area contributed by atoms with Crippen LogP contribution in [0.3, 0.4) is 0 Å². The molecule has 0 bridgehead atoms. The van der Waals surface area contributed by atoms with Gasteiger partial charge in [0.2, 0.25) is 0 Å². The number of nitrogens with zero attached hydrogens (tertiary/aromatic N) is 6. The van der Waals surface area contributed by atoms with E-state index in [2.05, 4.69) is 35.5 Å². The van der Waals surface area contributed by atoms with Crippen molar-refractivity contribution in [2.75, 3.05) is 18.0 Å². The fourth-order valence-electron chi connectivity index (χ4n) is 6.56. The number of hydrogen-bond acceptors (Lipinski definition) is 10. The number of hydrogen-bond donors (Lipinski definition) is 2. The lowest BCUT2D eigenvalue weighted by Crippen LogP contribution is -2.49. The monoisotopic (exact) mass is 750 g/mol. The predicted molar refractivity (Wildman–Crippen MR) is 202 cm³/mol. The molecule has 1 atom stereocenters. The summed E-state index contributed by atoms with van der Waals surface area (Å²) in [7, 11) is -4.17. The number of anilines is 1. The van der Waals surface area contributed by atoms with E-state index in [1.165, 1.54) is 36.9 Å². The lowest BCUT2D eigenvalue weighted by atomic mass is 10.00. The molecule has 0 spiro atoms. The normalized spacial score (nSPS) is 15.0. The number of alkyl carbamates (subject to hydrolysis) is 1. The minimum Gasteiger partial charge on any atom is -0.444 e. The average molecular weight is 751 g/mol. The van der Waals surface area contributed by atoms with Gasteiger partial charge < -0.3 is 20.3 Å². The average Bonchev–Trinajstić information content (AvgIpc) is 3.53. The Hall–Kier alpha value is -5.96. The minimum absolute atomic E-state index is 0.0427. The Morgan fingerprint density at radius 3 is 2.50 bits per heavy atom. The van der Waals surface area contributed by atoms with Gasteiger partial charge in [-0.1, -0.05) is 17.7 Å². The van der Waals surface area contributed by atoms with Crippen molar-refractivity contribution in [2.24, 2.45) is 0 Å². The van der Waals surface area contributed by atoms with Gasteiger partial charge in [-0.05, 0) is 82.5 Å². The maximum Gasteiger partial charge on any atom is 0.407 e. The number of carbonyl (C=O) groups is 2. The maximum absolute atomic E-state index is 16.1. The number of amides is 2. The number of aryl methyl sites for hydroxylation is 1. The molecule has 15 heteroatoms. The number of pyridine rings is 2. The second kappa shape index (κ2) is 14.5. The first-order chi connectivity index (χ1) is 25.8. The van der Waals surface area contributed by atoms with Gasteiger partial charge >= 0.3 is 6.09 Å². The summed E-state index contributed by atoms with van der Waals surface area (Å²) in [5.41, 5.74) is 2.72. The molecule has 0 radical (unpaired) electrons. The van der Waals surface area contributed by atoms with Gasteiger partial charge in [-0.25, -0.2) is 36.5 Å². The molecule has 2 amide bonds. The van der Waals surface area contributed by atoms with E-state index in [9.17, 15) is 18.0 Å². The van der Waals surface area contributed by atoms with Crippen molar-refractivity contribution in [1.29, 1.82) is 0 Å². The Labute approximate surface area is 311 Å². The number of halogens is 1. The molecule has 54 heavy (non-hydrogen) atoms. The molecule has 1 aliphatic rings. The van der Waals surface area contributed by atoms with E-state index in [1.54, 1.807) is 69.7 Å². The molecule has 0 unspecified atom stereocenters. The van der Waals surface area contributed by atoms with Gasteiger partial charge in [-0.3, -0.25) is 9.78 Å². The van der Waals surface area contributed by atoms with Crippen LogP contribution in [0.1, 0.15) is 55.1 Å². The molecule has 0 saturated carbocycles. The highest BCUT2D eigenvalue weighted by Crippen LogP contribution is 2.38. The lowest BCUT2D eigenvalue weighted by Gasteiger charge is -2.35. The van der Waals surface area contributed by atoms with Crippen LogP contribution in [0.15, 0.2) is 90.7 Å². The molecule has 1 aliphatic heterocycles. The molecule has 2 aromatic carbocycles. The quantitative estimate of drug-likeness (QED) is 0.185. The fraction of sp³-hybridized carbons (Fsp3) is 0.282. The molecular formula is C39H39FN8O5S. The van der Waals surface area contributed by atoms with Gasteiger partial charge in [-0.2, -0.15) is 0 Å². The number of piperidine rings is 1. The second-order valence-corrected chi connectivity index (χ2v) is 16.1. The molecule has 13 nitrogen and oxygen atoms in total. The number of benzene rings is 2. The van der Waals surface area contributed by atoms with E-state index in [0.29, 0.717) is 46.2 Å². The lowest BCUT2D eigenvalue weighted by molar-refractivity contribution is 0.0499. The number of aromatic nitrogens is 5. The Morgan fingerprint density at radius 1 is 1.00 bits per heavy atom. The van der Waals surface area contributed by atoms with Crippen LogP contribution < -0.4 is 15.5 Å². The zero-order valence-corrected chi connectivity index (χ0v) is 31.0. The topological polar surface area (TPSA) is 161 Å². The smallest absolute Gasteiger partial charge is 0.407 e. The number of ether oxygens (including phenoxy) is 1. The summed E-state index contributed by atoms with van der Waals surface area (Å²) in [5, 5.41) is 6.60. The third kappa shape index (κ3) is 7.57. The molecule has 0 aliphatic carbocycles. The highest BCUT2D eigenvalue weighted by molar-refractivity contribution is 7.90. The maximum atomic E-state index is 16.1. The third-order valence-electron chi connectivity index (χ3n) is 9.09. The Balaban J connectivity index is 1.31. The van der Waals surface area contributed by atoms with Crippen LogP contribution in [0, 0.1) is 12.7 Å². The predicted octanol–water partition coefficient (Wildman–Crippen LogP) is 6.15. The van der Waals surface area contributed by atoms with Gasteiger partial charge in [0.25, 0.3) is 15.9 Å². The van der Waals surface area contributed by atoms with Crippen LogP contribution in [0.4, 0.5) is 14.9 Å². The summed E-state index contributed by atoms with van der Waals surface area (Å²) in [6.07, 6.45) is 9.84. The number of rotatable bonds is 8. The summed E-state index contributed by atoms with van der Waals surface area (Å²) in [4.78, 5) is 44.8. The summed E-state index contributed by atoms with van der Waals surface area (Å²) < 4.78 is 50.9. The molecular weight excluding hydrogens is 712 g/mol. The van der Waals surface area contributed by atoms with Crippen LogP contribution in [-0.2, 0) is 21.3 Å². The molecule has 5 heterocycles. The first kappa shape index (κ1) is 36.4. The Bertz CT molecular complexity index is 2490. The van der Waals surface area contributed by atoms with Gasteiger partial charge in [0.05, 0.1) is 10.5 Å². The van der Waals surface area contributed by atoms with Crippen molar-refractivity contribution in [3.8, 4) is 11.1 Å². The van der Waals surface area contributed by atoms with Gasteiger partial charge in [0.15, 0.2) is 5.65 Å². The molecule has 1 saturated heterocycles. The third-order valence-corrected chi connectivity index (χ3v) is 10.8. The number of carbonyl (C=O) groups excluding carboxylic acids is 2. The molecule has 4 aromatic heterocycles. The van der Waals surface area contributed by atoms with Gasteiger partial charge in [-0.15, -0.1) is 0 Å². The van der Waals surface area contributed by atoms with Crippen LogP contribution in [0.2, 0.25) is 0 Å². The molecule has 6 aromatic rings. The largest absolute Gasteiger partial charge is 0.444 e. The van der Waals surface area contributed by atoms with Crippen molar-refractivity contribution in [3.63, 3.8) is 0 Å². The minimum atomic E-state index is -4.17. The van der Waals surface area contributed by atoms with Crippen LogP contribution in [0.5, 0.6) is 0 Å². The standard InChI is InChI=1S/C39H39FN8O5S/c1-24-7-9-29(10-8-24)54(51,52)48-22-32(30-15-27(20-44-36(30)48)37(49)45-19-25-17-41-23-42-18-25)26-14-31-34(11-12-43-35(31)33(40)16-26)47-13-5-6-28(21-47)46-38(50)53-39(2,3)4/h7-12,14-18,20,22-23,28H,5-6,13,19,21H2,1-4H3,(H,45,49)(H,46,50)/t28-/m1/s1. The van der Waals surface area contributed by atoms with E-state index in [0.717, 1.165) is 22.4 Å². The van der Waals surface area contributed by atoms with Crippen molar-refractivity contribution < 1.29 is 27.1 Å². The zero-order valence-electron chi connectivity index (χ0n) is 30.2. The Kier molecular flexibility index (Phi) is 9.75. The highest BCUT2D eigenvalue weighted by Gasteiger charge is 2.28. The van der Waals surface area contributed by atoms with E-state index in [1.807, 2.05) is 6.92 Å². The van der Waals surface area contributed by atoms with Crippen LogP contribution in [0.25, 0.3) is 33.1 Å². The molecule has 7 rings (SSSR count). The SMILES string of the molecule is Cc1ccc(S(=O)(=O)n2cc(-c3cc(F)c4nccc(N5CCC[C@@H](NC(=O)OC(C)(C)C)C5)c4c3)c3cc(C(=O)NCc4cncnc4)cnc32)cc1. The number of fused-ring (bicyclic) bond motifs is 2. The van der Waals surface area contributed by atoms with Crippen molar-refractivity contribution >= 4 is 49.6 Å². The fourth-order valence-corrected chi connectivity index (χ4v) is 7.89. The first-order valence-corrected chi connectivity index (χ1v) is 18.9. The van der Waals surface area contributed by atoms with E-state index < -0.39 is 33.4 Å². The summed E-state index contributed by atoms with van der Waals surface area (Å²) in [5.74, 6) is -1.07. The zero-order chi connectivity index (χ0) is 38.2. The van der Waals surface area contributed by atoms with Crippen LogP contribution >= 0.6 is 0 Å². The summed E-state index contributed by atoms with van der Waals surface area (Å²) in [6, 6.07) is 12.7. The van der Waals surface area contributed by atoms with Crippen molar-refractivity contribution in [1.82, 2.24) is 34.5 Å². The van der Waals surface area contributed by atoms with Gasteiger partial charge in [0, 0.05) is 84.2 Å². The molecule has 278 valence electrons. The van der Waals surface area contributed by atoms with Crippen LogP contribution in [-0.4, -0.2) is 69.1 Å². The first-order valence-electron chi connectivity index (χ1n) is 17.5. The molecule has 1 fully saturated rings. The van der Waals surface area contributed by atoms with Gasteiger partial charge in [0.1, 0.15) is 23.3 Å². The highest BCUT2D eigenvalue weighted by atomic mass is 32.2. The van der Waals surface area contributed by atoms with E-state index in [-0.39, 0.29) is 34.2 Å². The number of nitrogens with one attached hydrogen (secondary N) is 2. The van der Waals surface area contributed by atoms with E-state index >= 15 is 4.39 Å². The van der Waals surface area contributed by atoms with Crippen molar-refractivity contribution in [2.45, 2.75) is 63.6 Å². The van der Waals surface area contributed by atoms with E-state index in [4.69, 9.17) is 4.74 Å².